The number of aromatic nitrogens is 2. The average molecular weight is 481 g/mol. The van der Waals surface area contributed by atoms with Crippen LogP contribution in [-0.2, 0) is 6.61 Å². The first-order valence-electron chi connectivity index (χ1n) is 10.3. The van der Waals surface area contributed by atoms with Crippen molar-refractivity contribution in [2.24, 2.45) is 0 Å². The van der Waals surface area contributed by atoms with Crippen molar-refractivity contribution in [3.8, 4) is 11.9 Å². The molecule has 4 rings (SSSR count). The molecule has 1 unspecified atom stereocenters. The molecule has 0 saturated heterocycles. The van der Waals surface area contributed by atoms with E-state index in [9.17, 15) is 18.8 Å². The smallest absolute Gasteiger partial charge is 0.256 e. The third-order valence-corrected chi connectivity index (χ3v) is 5.53. The lowest BCUT2D eigenvalue weighted by molar-refractivity contribution is 0.0946. The molecule has 0 aliphatic carbocycles. The summed E-state index contributed by atoms with van der Waals surface area (Å²) in [4.78, 5) is 13.2. The van der Waals surface area contributed by atoms with Crippen LogP contribution in [0.3, 0.4) is 0 Å². The Balaban J connectivity index is 1.66. The standard InChI is InChI=1S/C25H19ClF2N4O2/c1-14-10-22-24(25(33)30-21(12-29)16-6-8-17(26)9-7-16)15(2)31-32(22)23(11-14)34-13-18-19(27)4-3-5-20(18)28/h3-11,21H,13H2,1-2H3,(H,30,33). The van der Waals surface area contributed by atoms with Gasteiger partial charge in [0, 0.05) is 11.1 Å². The van der Waals surface area contributed by atoms with Crippen LogP contribution in [0.2, 0.25) is 5.02 Å². The zero-order chi connectivity index (χ0) is 24.4. The maximum Gasteiger partial charge on any atom is 0.256 e. The predicted molar refractivity (Wildman–Crippen MR) is 123 cm³/mol. The number of ether oxygens (including phenoxy) is 1. The molecule has 0 bridgehead atoms. The number of pyridine rings is 1. The van der Waals surface area contributed by atoms with Crippen molar-refractivity contribution >= 4 is 23.0 Å². The number of nitriles is 1. The van der Waals surface area contributed by atoms with E-state index in [-0.39, 0.29) is 23.6 Å². The van der Waals surface area contributed by atoms with Gasteiger partial charge in [-0.1, -0.05) is 29.8 Å². The minimum absolute atomic E-state index is 0.209. The Hall–Kier alpha value is -3.96. The first-order chi connectivity index (χ1) is 16.3. The van der Waals surface area contributed by atoms with Gasteiger partial charge in [0.25, 0.3) is 5.91 Å². The highest BCUT2D eigenvalue weighted by Gasteiger charge is 2.23. The first kappa shape index (κ1) is 23.2. The quantitative estimate of drug-likeness (QED) is 0.397. The van der Waals surface area contributed by atoms with Crippen molar-refractivity contribution in [2.75, 3.05) is 0 Å². The number of aryl methyl sites for hydroxylation is 2. The second kappa shape index (κ2) is 9.49. The minimum Gasteiger partial charge on any atom is -0.473 e. The molecule has 9 heteroatoms. The van der Waals surface area contributed by atoms with E-state index in [1.807, 2.05) is 0 Å². The van der Waals surface area contributed by atoms with E-state index in [0.29, 0.717) is 21.8 Å². The Morgan fingerprint density at radius 3 is 2.50 bits per heavy atom. The lowest BCUT2D eigenvalue weighted by Gasteiger charge is -2.13. The number of halogens is 3. The van der Waals surface area contributed by atoms with E-state index in [4.69, 9.17) is 16.3 Å². The molecule has 0 aliphatic rings. The third-order valence-electron chi connectivity index (χ3n) is 5.28. The van der Waals surface area contributed by atoms with Crippen LogP contribution < -0.4 is 10.1 Å². The fraction of sp³-hybridized carbons (Fsp3) is 0.160. The number of carbonyl (C=O) groups excluding carboxylic acids is 1. The number of benzene rings is 2. The summed E-state index contributed by atoms with van der Waals surface area (Å²) in [7, 11) is 0. The lowest BCUT2D eigenvalue weighted by Crippen LogP contribution is -2.28. The van der Waals surface area contributed by atoms with Gasteiger partial charge in [0.1, 0.15) is 24.3 Å². The van der Waals surface area contributed by atoms with E-state index in [0.717, 1.165) is 17.7 Å². The normalized spacial score (nSPS) is 11.8. The number of amides is 1. The van der Waals surface area contributed by atoms with Crippen molar-refractivity contribution in [3.05, 3.63) is 99.2 Å². The van der Waals surface area contributed by atoms with Crippen molar-refractivity contribution in [2.45, 2.75) is 26.5 Å². The van der Waals surface area contributed by atoms with E-state index >= 15 is 0 Å². The molecular weight excluding hydrogens is 462 g/mol. The minimum atomic E-state index is -0.899. The average Bonchev–Trinajstić information content (AvgIpc) is 3.13. The number of carbonyl (C=O) groups is 1. The topological polar surface area (TPSA) is 79.4 Å². The van der Waals surface area contributed by atoms with Crippen LogP contribution in [0.1, 0.15) is 38.8 Å². The number of fused-ring (bicyclic) bond motifs is 1. The molecule has 34 heavy (non-hydrogen) atoms. The van der Waals surface area contributed by atoms with Crippen LogP contribution in [0.15, 0.2) is 54.6 Å². The van der Waals surface area contributed by atoms with Gasteiger partial charge in [0.05, 0.1) is 28.4 Å². The number of hydrogen-bond donors (Lipinski definition) is 1. The summed E-state index contributed by atoms with van der Waals surface area (Å²) in [6, 6.07) is 14.8. The number of nitrogens with zero attached hydrogens (tertiary/aromatic N) is 3. The summed E-state index contributed by atoms with van der Waals surface area (Å²) in [5, 5.41) is 17.2. The fourth-order valence-electron chi connectivity index (χ4n) is 3.61. The molecule has 0 aliphatic heterocycles. The SMILES string of the molecule is Cc1cc(OCc2c(F)cccc2F)n2nc(C)c(C(=O)NC(C#N)c3ccc(Cl)cc3)c2c1. The van der Waals surface area contributed by atoms with Gasteiger partial charge in [-0.3, -0.25) is 4.79 Å². The molecular formula is C25H19ClF2N4O2. The summed E-state index contributed by atoms with van der Waals surface area (Å²) in [6.07, 6.45) is 0. The van der Waals surface area contributed by atoms with Crippen LogP contribution >= 0.6 is 11.6 Å². The predicted octanol–water partition coefficient (Wildman–Crippen LogP) is 5.46. The van der Waals surface area contributed by atoms with E-state index < -0.39 is 23.6 Å². The van der Waals surface area contributed by atoms with Gasteiger partial charge in [0.15, 0.2) is 0 Å². The van der Waals surface area contributed by atoms with Gasteiger partial charge in [-0.05, 0) is 55.3 Å². The zero-order valence-electron chi connectivity index (χ0n) is 18.3. The maximum absolute atomic E-state index is 14.0. The molecule has 0 radical (unpaired) electrons. The summed E-state index contributed by atoms with van der Waals surface area (Å²) >= 11 is 5.91. The highest BCUT2D eigenvalue weighted by molar-refractivity contribution is 6.30. The molecule has 2 aromatic carbocycles. The molecule has 0 spiro atoms. The van der Waals surface area contributed by atoms with Crippen LogP contribution in [0.4, 0.5) is 8.78 Å². The first-order valence-corrected chi connectivity index (χ1v) is 10.7. The van der Waals surface area contributed by atoms with Gasteiger partial charge >= 0.3 is 0 Å². The Bertz CT molecular complexity index is 1410. The summed E-state index contributed by atoms with van der Waals surface area (Å²) in [5.41, 5.74) is 2.23. The summed E-state index contributed by atoms with van der Waals surface area (Å²) in [6.45, 7) is 3.10. The van der Waals surface area contributed by atoms with Gasteiger partial charge in [-0.25, -0.2) is 8.78 Å². The Labute approximate surface area is 199 Å². The Morgan fingerprint density at radius 1 is 1.18 bits per heavy atom. The van der Waals surface area contributed by atoms with E-state index in [2.05, 4.69) is 16.5 Å². The van der Waals surface area contributed by atoms with Crippen LogP contribution in [0.25, 0.3) is 5.52 Å². The number of hydrogen-bond acceptors (Lipinski definition) is 4. The maximum atomic E-state index is 14.0. The summed E-state index contributed by atoms with van der Waals surface area (Å²) in [5.74, 6) is -1.71. The van der Waals surface area contributed by atoms with E-state index in [1.54, 1.807) is 50.2 Å². The number of nitrogens with one attached hydrogen (secondary N) is 1. The molecule has 6 nitrogen and oxygen atoms in total. The van der Waals surface area contributed by atoms with Gasteiger partial charge in [-0.2, -0.15) is 14.9 Å². The highest BCUT2D eigenvalue weighted by Crippen LogP contribution is 2.26. The number of rotatable bonds is 6. The largest absolute Gasteiger partial charge is 0.473 e. The lowest BCUT2D eigenvalue weighted by atomic mass is 10.1. The van der Waals surface area contributed by atoms with Crippen molar-refractivity contribution in [1.29, 1.82) is 5.26 Å². The van der Waals surface area contributed by atoms with Crippen molar-refractivity contribution in [3.63, 3.8) is 0 Å². The molecule has 0 saturated carbocycles. The van der Waals surface area contributed by atoms with Crippen molar-refractivity contribution in [1.82, 2.24) is 14.9 Å². The molecule has 4 aromatic rings. The molecule has 1 amide bonds. The molecule has 0 fully saturated rings. The molecule has 1 atom stereocenters. The van der Waals surface area contributed by atoms with Crippen molar-refractivity contribution < 1.29 is 18.3 Å². The van der Waals surface area contributed by atoms with E-state index in [1.165, 1.54) is 10.6 Å². The van der Waals surface area contributed by atoms with Crippen LogP contribution in [0.5, 0.6) is 5.88 Å². The summed E-state index contributed by atoms with van der Waals surface area (Å²) < 4.78 is 35.1. The fourth-order valence-corrected chi connectivity index (χ4v) is 3.73. The monoisotopic (exact) mass is 480 g/mol. The second-order valence-corrected chi connectivity index (χ2v) is 8.14. The Kier molecular flexibility index (Phi) is 6.48. The molecule has 1 N–H and O–H groups in total. The highest BCUT2D eigenvalue weighted by atomic mass is 35.5. The molecule has 2 heterocycles. The Morgan fingerprint density at radius 2 is 1.85 bits per heavy atom. The molecule has 2 aromatic heterocycles. The van der Waals surface area contributed by atoms with Crippen LogP contribution in [-0.4, -0.2) is 15.5 Å². The second-order valence-electron chi connectivity index (χ2n) is 7.70. The van der Waals surface area contributed by atoms with Gasteiger partial charge in [0.2, 0.25) is 5.88 Å². The zero-order valence-corrected chi connectivity index (χ0v) is 19.0. The van der Waals surface area contributed by atoms with Gasteiger partial charge in [-0.15, -0.1) is 0 Å². The van der Waals surface area contributed by atoms with Gasteiger partial charge < -0.3 is 10.1 Å². The van der Waals surface area contributed by atoms with Crippen LogP contribution in [0, 0.1) is 36.8 Å². The third kappa shape index (κ3) is 4.56. The molecule has 172 valence electrons.